The van der Waals surface area contributed by atoms with Crippen LogP contribution in [0.1, 0.15) is 23.6 Å². The molecule has 0 unspecified atom stereocenters. The quantitative estimate of drug-likeness (QED) is 0.766. The topological polar surface area (TPSA) is 12.0 Å². The van der Waals surface area contributed by atoms with Crippen molar-refractivity contribution in [2.45, 2.75) is 32.2 Å². The second-order valence-corrected chi connectivity index (χ2v) is 5.96. The number of benzene rings is 2. The fraction of sp³-hybridized carbons (Fsp3) is 0.294. The van der Waals surface area contributed by atoms with Crippen molar-refractivity contribution in [1.82, 2.24) is 0 Å². The van der Waals surface area contributed by atoms with Gasteiger partial charge in [-0.2, -0.15) is 0 Å². The molecule has 2 aromatic rings. The molecule has 0 aromatic heterocycles. The molecule has 0 heterocycles. The predicted molar refractivity (Wildman–Crippen MR) is 86.1 cm³/mol. The van der Waals surface area contributed by atoms with E-state index in [2.05, 4.69) is 68.6 Å². The van der Waals surface area contributed by atoms with Crippen molar-refractivity contribution in [3.63, 3.8) is 0 Å². The Kier molecular flexibility index (Phi) is 4.92. The van der Waals surface area contributed by atoms with Crippen molar-refractivity contribution in [1.29, 1.82) is 0 Å². The summed E-state index contributed by atoms with van der Waals surface area (Å²) in [6.07, 6.45) is 0. The highest BCUT2D eigenvalue weighted by molar-refractivity contribution is 7.99. The second-order valence-electron chi connectivity index (χ2n) is 4.65. The summed E-state index contributed by atoms with van der Waals surface area (Å²) in [4.78, 5) is 1.33. The Morgan fingerprint density at radius 1 is 0.947 bits per heavy atom. The van der Waals surface area contributed by atoms with Gasteiger partial charge in [-0.1, -0.05) is 37.3 Å². The molecule has 1 N–H and O–H groups in total. The lowest BCUT2D eigenvalue weighted by atomic mass is 10.0. The Morgan fingerprint density at radius 3 is 2.32 bits per heavy atom. The second kappa shape index (κ2) is 6.67. The molecule has 2 heteroatoms. The molecule has 0 saturated carbocycles. The average Bonchev–Trinajstić information content (AvgIpc) is 2.40. The molecule has 19 heavy (non-hydrogen) atoms. The van der Waals surface area contributed by atoms with E-state index in [-0.39, 0.29) is 0 Å². The van der Waals surface area contributed by atoms with Crippen LogP contribution in [-0.4, -0.2) is 5.75 Å². The number of hydrogen-bond donors (Lipinski definition) is 1. The van der Waals surface area contributed by atoms with Gasteiger partial charge in [0, 0.05) is 17.1 Å². The molecular formula is C17H21NS. The normalized spacial score (nSPS) is 10.5. The zero-order valence-corrected chi connectivity index (χ0v) is 12.7. The van der Waals surface area contributed by atoms with Crippen molar-refractivity contribution in [2.75, 3.05) is 11.1 Å². The van der Waals surface area contributed by atoms with E-state index in [9.17, 15) is 0 Å². The smallest absolute Gasteiger partial charge is 0.0481 e. The third-order valence-electron chi connectivity index (χ3n) is 3.29. The molecule has 0 saturated heterocycles. The van der Waals surface area contributed by atoms with Gasteiger partial charge in [0.2, 0.25) is 0 Å². The molecule has 100 valence electrons. The van der Waals surface area contributed by atoms with Gasteiger partial charge in [0.1, 0.15) is 0 Å². The molecule has 0 aliphatic heterocycles. The monoisotopic (exact) mass is 271 g/mol. The molecule has 0 radical (unpaired) electrons. The highest BCUT2D eigenvalue weighted by atomic mass is 32.2. The number of hydrogen-bond acceptors (Lipinski definition) is 2. The Morgan fingerprint density at radius 2 is 1.63 bits per heavy atom. The lowest BCUT2D eigenvalue weighted by molar-refractivity contribution is 1.08. The number of aryl methyl sites for hydroxylation is 2. The van der Waals surface area contributed by atoms with Crippen LogP contribution in [-0.2, 0) is 6.54 Å². The molecule has 2 rings (SSSR count). The Hall–Kier alpha value is -1.41. The minimum Gasteiger partial charge on any atom is -0.380 e. The lowest BCUT2D eigenvalue weighted by Gasteiger charge is -2.14. The van der Waals surface area contributed by atoms with Gasteiger partial charge in [0.25, 0.3) is 0 Å². The van der Waals surface area contributed by atoms with Crippen molar-refractivity contribution < 1.29 is 0 Å². The predicted octanol–water partition coefficient (Wildman–Crippen LogP) is 5.03. The summed E-state index contributed by atoms with van der Waals surface area (Å²) >= 11 is 1.88. The van der Waals surface area contributed by atoms with E-state index >= 15 is 0 Å². The fourth-order valence-corrected chi connectivity index (χ4v) is 2.99. The molecule has 0 fully saturated rings. The van der Waals surface area contributed by atoms with E-state index in [0.717, 1.165) is 12.3 Å². The number of nitrogens with one attached hydrogen (secondary N) is 1. The van der Waals surface area contributed by atoms with E-state index in [4.69, 9.17) is 0 Å². The van der Waals surface area contributed by atoms with Crippen LogP contribution in [0.3, 0.4) is 0 Å². The third-order valence-corrected chi connectivity index (χ3v) is 4.24. The van der Waals surface area contributed by atoms with E-state index < -0.39 is 0 Å². The van der Waals surface area contributed by atoms with Crippen molar-refractivity contribution in [3.8, 4) is 0 Å². The zero-order chi connectivity index (χ0) is 13.7. The largest absolute Gasteiger partial charge is 0.380 e. The summed E-state index contributed by atoms with van der Waals surface area (Å²) < 4.78 is 0. The van der Waals surface area contributed by atoms with Gasteiger partial charge in [-0.05, 0) is 48.4 Å². The minimum absolute atomic E-state index is 0.889. The standard InChI is InChI=1S/C17H21NS/c1-4-19-17-11-6-5-10-16(17)18-12-15-13(2)8-7-9-14(15)3/h5-11,18H,4,12H2,1-3H3. The Labute approximate surface area is 120 Å². The lowest BCUT2D eigenvalue weighted by Crippen LogP contribution is -2.04. The maximum atomic E-state index is 3.58. The molecule has 0 amide bonds. The van der Waals surface area contributed by atoms with Gasteiger partial charge < -0.3 is 5.32 Å². The number of para-hydroxylation sites is 1. The van der Waals surface area contributed by atoms with Gasteiger partial charge >= 0.3 is 0 Å². The van der Waals surface area contributed by atoms with E-state index in [1.54, 1.807) is 0 Å². The summed E-state index contributed by atoms with van der Waals surface area (Å²) in [7, 11) is 0. The van der Waals surface area contributed by atoms with Gasteiger partial charge in [0.05, 0.1) is 0 Å². The highest BCUT2D eigenvalue weighted by Gasteiger charge is 2.04. The highest BCUT2D eigenvalue weighted by Crippen LogP contribution is 2.27. The van der Waals surface area contributed by atoms with Crippen LogP contribution in [0.4, 0.5) is 5.69 Å². The number of anilines is 1. The van der Waals surface area contributed by atoms with Crippen molar-refractivity contribution in [3.05, 3.63) is 59.2 Å². The maximum Gasteiger partial charge on any atom is 0.0481 e. The Balaban J connectivity index is 2.15. The SMILES string of the molecule is CCSc1ccccc1NCc1c(C)cccc1C. The van der Waals surface area contributed by atoms with Crippen LogP contribution in [0.15, 0.2) is 47.4 Å². The molecule has 0 aliphatic carbocycles. The zero-order valence-electron chi connectivity index (χ0n) is 11.9. The van der Waals surface area contributed by atoms with Gasteiger partial charge in [-0.15, -0.1) is 11.8 Å². The number of thioether (sulfide) groups is 1. The fourth-order valence-electron chi connectivity index (χ4n) is 2.21. The van der Waals surface area contributed by atoms with Gasteiger partial charge in [-0.3, -0.25) is 0 Å². The van der Waals surface area contributed by atoms with E-state index in [0.29, 0.717) is 0 Å². The summed E-state index contributed by atoms with van der Waals surface area (Å²) in [5, 5.41) is 3.58. The molecule has 0 spiro atoms. The summed E-state index contributed by atoms with van der Waals surface area (Å²) in [5.74, 6) is 1.10. The van der Waals surface area contributed by atoms with E-state index in [1.807, 2.05) is 11.8 Å². The molecule has 2 aromatic carbocycles. The third kappa shape index (κ3) is 3.54. The Bertz CT molecular complexity index is 528. The molecular weight excluding hydrogens is 250 g/mol. The van der Waals surface area contributed by atoms with Crippen LogP contribution >= 0.6 is 11.8 Å². The van der Waals surface area contributed by atoms with E-state index in [1.165, 1.54) is 27.3 Å². The minimum atomic E-state index is 0.889. The van der Waals surface area contributed by atoms with Crippen LogP contribution in [0.25, 0.3) is 0 Å². The summed E-state index contributed by atoms with van der Waals surface area (Å²) in [6.45, 7) is 7.43. The van der Waals surface area contributed by atoms with Crippen LogP contribution < -0.4 is 5.32 Å². The molecule has 0 atom stereocenters. The first-order chi connectivity index (χ1) is 9.22. The van der Waals surface area contributed by atoms with Crippen molar-refractivity contribution in [2.24, 2.45) is 0 Å². The first-order valence-electron chi connectivity index (χ1n) is 6.73. The first-order valence-corrected chi connectivity index (χ1v) is 7.71. The van der Waals surface area contributed by atoms with Crippen LogP contribution in [0, 0.1) is 13.8 Å². The summed E-state index contributed by atoms with van der Waals surface area (Å²) in [5.41, 5.74) is 5.34. The van der Waals surface area contributed by atoms with Crippen LogP contribution in [0.5, 0.6) is 0 Å². The van der Waals surface area contributed by atoms with Gasteiger partial charge in [-0.25, -0.2) is 0 Å². The summed E-state index contributed by atoms with van der Waals surface area (Å²) in [6, 6.07) is 15.0. The van der Waals surface area contributed by atoms with Crippen LogP contribution in [0.2, 0.25) is 0 Å². The average molecular weight is 271 g/mol. The number of rotatable bonds is 5. The maximum absolute atomic E-state index is 3.58. The van der Waals surface area contributed by atoms with Gasteiger partial charge in [0.15, 0.2) is 0 Å². The molecule has 0 bridgehead atoms. The first kappa shape index (κ1) is 14.0. The van der Waals surface area contributed by atoms with Crippen molar-refractivity contribution >= 4 is 17.4 Å². The molecule has 1 nitrogen and oxygen atoms in total. The molecule has 0 aliphatic rings.